The number of aliphatic hydroxyl groups is 1. The second kappa shape index (κ2) is 20.9. The van der Waals surface area contributed by atoms with Crippen LogP contribution in [0.1, 0.15) is 71.1 Å². The summed E-state index contributed by atoms with van der Waals surface area (Å²) in [5.41, 5.74) is 0. The Morgan fingerprint density at radius 2 is 1.32 bits per heavy atom. The summed E-state index contributed by atoms with van der Waals surface area (Å²) < 4.78 is 0. The van der Waals surface area contributed by atoms with E-state index in [1.807, 2.05) is 0 Å². The lowest BCUT2D eigenvalue weighted by molar-refractivity contribution is 0.300. The Balaban J connectivity index is 3.44. The van der Waals surface area contributed by atoms with Crippen LogP contribution < -0.4 is 5.32 Å². The topological polar surface area (TPSA) is 32.3 Å². The van der Waals surface area contributed by atoms with Gasteiger partial charge in [-0.05, 0) is 51.4 Å². The van der Waals surface area contributed by atoms with Crippen LogP contribution in [-0.4, -0.2) is 23.2 Å². The van der Waals surface area contributed by atoms with Gasteiger partial charge >= 0.3 is 0 Å². The number of hydrogen-bond donors (Lipinski definition) is 2. The first-order valence-corrected chi connectivity index (χ1v) is 10.2. The first-order chi connectivity index (χ1) is 12.3. The number of aliphatic hydroxyl groups excluding tert-OH is 1. The molecule has 2 nitrogen and oxygen atoms in total. The molecule has 0 aliphatic carbocycles. The fourth-order valence-corrected chi connectivity index (χ4v) is 2.47. The van der Waals surface area contributed by atoms with Crippen LogP contribution in [0.2, 0.25) is 0 Å². The number of rotatable bonds is 16. The van der Waals surface area contributed by atoms with Crippen LogP contribution >= 0.6 is 12.2 Å². The van der Waals surface area contributed by atoms with Crippen LogP contribution in [0.25, 0.3) is 0 Å². The Bertz CT molecular complexity index is 410. The van der Waals surface area contributed by atoms with Crippen molar-refractivity contribution in [2.45, 2.75) is 71.1 Å². The van der Waals surface area contributed by atoms with E-state index < -0.39 is 0 Å². The van der Waals surface area contributed by atoms with Gasteiger partial charge in [0.2, 0.25) is 0 Å². The molecule has 0 amide bonds. The standard InChI is InChI=1S/C22H37NOS/c1-2-3-4-5-6-7-8-9-10-11-12-13-14-15-16-17-18-19-22(25)23-20-21-24/h6-7,9-10,12-13,15-16,24H,2-5,8,11,14,17-21H2,1H3,(H,23,25)/b7-6-,10-9-,13-12-,16-15-. The van der Waals surface area contributed by atoms with Crippen LogP contribution in [0, 0.1) is 0 Å². The van der Waals surface area contributed by atoms with Gasteiger partial charge in [0, 0.05) is 6.54 Å². The number of thiocarbonyl (C=S) groups is 1. The summed E-state index contributed by atoms with van der Waals surface area (Å²) in [6, 6.07) is 0. The molecule has 0 aromatic heterocycles. The van der Waals surface area contributed by atoms with Crippen molar-refractivity contribution in [3.05, 3.63) is 48.6 Å². The fourth-order valence-electron chi connectivity index (χ4n) is 2.23. The van der Waals surface area contributed by atoms with E-state index in [0.29, 0.717) is 6.54 Å². The fraction of sp³-hybridized carbons (Fsp3) is 0.591. The molecule has 0 rings (SSSR count). The molecule has 0 bridgehead atoms. The van der Waals surface area contributed by atoms with Gasteiger partial charge in [-0.3, -0.25) is 0 Å². The van der Waals surface area contributed by atoms with Crippen LogP contribution in [0.15, 0.2) is 48.6 Å². The molecule has 0 aromatic rings. The summed E-state index contributed by atoms with van der Waals surface area (Å²) in [5, 5.41) is 11.7. The molecule has 0 aromatic carbocycles. The average Bonchev–Trinajstić information content (AvgIpc) is 2.62. The minimum atomic E-state index is 0.136. The minimum absolute atomic E-state index is 0.136. The Morgan fingerprint density at radius 1 is 0.800 bits per heavy atom. The van der Waals surface area contributed by atoms with E-state index >= 15 is 0 Å². The highest BCUT2D eigenvalue weighted by molar-refractivity contribution is 7.80. The van der Waals surface area contributed by atoms with Gasteiger partial charge in [0.1, 0.15) is 0 Å². The third-order valence-corrected chi connectivity index (χ3v) is 4.01. The van der Waals surface area contributed by atoms with Crippen molar-refractivity contribution in [3.8, 4) is 0 Å². The van der Waals surface area contributed by atoms with Crippen molar-refractivity contribution in [1.29, 1.82) is 0 Å². The molecule has 142 valence electrons. The van der Waals surface area contributed by atoms with Gasteiger partial charge < -0.3 is 10.4 Å². The Kier molecular flexibility index (Phi) is 19.9. The zero-order valence-electron chi connectivity index (χ0n) is 16.0. The monoisotopic (exact) mass is 363 g/mol. The first kappa shape index (κ1) is 23.8. The molecule has 0 fully saturated rings. The van der Waals surface area contributed by atoms with Gasteiger partial charge in [0.15, 0.2) is 0 Å². The van der Waals surface area contributed by atoms with E-state index in [2.05, 4.69) is 60.8 Å². The molecule has 0 heterocycles. The summed E-state index contributed by atoms with van der Waals surface area (Å²) in [6.07, 6.45) is 29.2. The quantitative estimate of drug-likeness (QED) is 0.199. The Hall–Kier alpha value is -1.19. The van der Waals surface area contributed by atoms with Crippen molar-refractivity contribution in [2.24, 2.45) is 0 Å². The maximum atomic E-state index is 8.69. The van der Waals surface area contributed by atoms with Crippen molar-refractivity contribution < 1.29 is 5.11 Å². The van der Waals surface area contributed by atoms with E-state index in [1.165, 1.54) is 25.7 Å². The van der Waals surface area contributed by atoms with E-state index in [4.69, 9.17) is 17.3 Å². The van der Waals surface area contributed by atoms with Crippen LogP contribution in [0.5, 0.6) is 0 Å². The highest BCUT2D eigenvalue weighted by Crippen LogP contribution is 2.01. The van der Waals surface area contributed by atoms with Crippen LogP contribution in [0.3, 0.4) is 0 Å². The molecule has 3 heteroatoms. The molecule has 0 spiro atoms. The predicted octanol–water partition coefficient (Wildman–Crippen LogP) is 6.04. The molecular formula is C22H37NOS. The van der Waals surface area contributed by atoms with Gasteiger partial charge in [0.05, 0.1) is 11.6 Å². The number of unbranched alkanes of at least 4 members (excludes halogenated alkanes) is 4. The predicted molar refractivity (Wildman–Crippen MR) is 116 cm³/mol. The van der Waals surface area contributed by atoms with Gasteiger partial charge in [-0.25, -0.2) is 0 Å². The SMILES string of the molecule is CCCCC/C=C\C/C=C\C/C=C\C/C=C\CCCC(=S)NCCO. The molecule has 0 radical (unpaired) electrons. The number of nitrogens with one attached hydrogen (secondary N) is 1. The summed E-state index contributed by atoms with van der Waals surface area (Å²) in [6.45, 7) is 2.94. The van der Waals surface area contributed by atoms with Gasteiger partial charge in [0.25, 0.3) is 0 Å². The van der Waals surface area contributed by atoms with E-state index in [0.717, 1.165) is 43.5 Å². The second-order valence-corrected chi connectivity index (χ2v) is 6.55. The highest BCUT2D eigenvalue weighted by atomic mass is 32.1. The normalized spacial score (nSPS) is 12.2. The van der Waals surface area contributed by atoms with Crippen LogP contribution in [0.4, 0.5) is 0 Å². The molecular weight excluding hydrogens is 326 g/mol. The largest absolute Gasteiger partial charge is 0.395 e. The lowest BCUT2D eigenvalue weighted by Crippen LogP contribution is -2.24. The molecule has 0 unspecified atom stereocenters. The maximum Gasteiger partial charge on any atom is 0.0754 e. The molecule has 0 aliphatic rings. The summed E-state index contributed by atoms with van der Waals surface area (Å²) in [5.74, 6) is 0. The summed E-state index contributed by atoms with van der Waals surface area (Å²) in [7, 11) is 0. The molecule has 0 saturated carbocycles. The zero-order chi connectivity index (χ0) is 18.4. The lowest BCUT2D eigenvalue weighted by Gasteiger charge is -2.04. The molecule has 25 heavy (non-hydrogen) atoms. The van der Waals surface area contributed by atoms with E-state index in [9.17, 15) is 0 Å². The summed E-state index contributed by atoms with van der Waals surface area (Å²) in [4.78, 5) is 0.852. The highest BCUT2D eigenvalue weighted by Gasteiger charge is 1.93. The minimum Gasteiger partial charge on any atom is -0.395 e. The molecule has 0 atom stereocenters. The smallest absolute Gasteiger partial charge is 0.0754 e. The van der Waals surface area contributed by atoms with Crippen molar-refractivity contribution in [1.82, 2.24) is 5.32 Å². The molecule has 0 saturated heterocycles. The van der Waals surface area contributed by atoms with Gasteiger partial charge in [-0.15, -0.1) is 0 Å². The second-order valence-electron chi connectivity index (χ2n) is 6.05. The number of allylic oxidation sites excluding steroid dienone is 8. The van der Waals surface area contributed by atoms with E-state index in [-0.39, 0.29) is 6.61 Å². The van der Waals surface area contributed by atoms with Crippen LogP contribution in [-0.2, 0) is 0 Å². The lowest BCUT2D eigenvalue weighted by atomic mass is 10.2. The average molecular weight is 364 g/mol. The van der Waals surface area contributed by atoms with Gasteiger partial charge in [-0.1, -0.05) is 80.6 Å². The van der Waals surface area contributed by atoms with Crippen molar-refractivity contribution in [3.63, 3.8) is 0 Å². The Morgan fingerprint density at radius 3 is 1.84 bits per heavy atom. The van der Waals surface area contributed by atoms with Crippen molar-refractivity contribution in [2.75, 3.05) is 13.2 Å². The third kappa shape index (κ3) is 20.8. The van der Waals surface area contributed by atoms with Crippen molar-refractivity contribution >= 4 is 17.2 Å². The van der Waals surface area contributed by atoms with Gasteiger partial charge in [-0.2, -0.15) is 0 Å². The third-order valence-electron chi connectivity index (χ3n) is 3.67. The molecule has 0 aliphatic heterocycles. The van der Waals surface area contributed by atoms with E-state index in [1.54, 1.807) is 0 Å². The summed E-state index contributed by atoms with van der Waals surface area (Å²) >= 11 is 5.16. The number of hydrogen-bond acceptors (Lipinski definition) is 2. The Labute approximate surface area is 160 Å². The first-order valence-electron chi connectivity index (χ1n) is 9.78. The molecule has 2 N–H and O–H groups in total. The zero-order valence-corrected chi connectivity index (χ0v) is 16.8. The maximum absolute atomic E-state index is 8.69.